The Morgan fingerprint density at radius 2 is 1.76 bits per heavy atom. The van der Waals surface area contributed by atoms with Gasteiger partial charge in [-0.25, -0.2) is 4.98 Å². The van der Waals surface area contributed by atoms with Crippen molar-refractivity contribution in [2.45, 2.75) is 24.7 Å². The first-order valence-corrected chi connectivity index (χ1v) is 12.2. The molecule has 33 heavy (non-hydrogen) atoms. The lowest BCUT2D eigenvalue weighted by atomic mass is 10.0. The first kappa shape index (κ1) is 23.0. The van der Waals surface area contributed by atoms with Crippen LogP contribution in [0.15, 0.2) is 65.6 Å². The molecule has 0 saturated carbocycles. The Morgan fingerprint density at radius 1 is 1.03 bits per heavy atom. The van der Waals surface area contributed by atoms with Crippen LogP contribution in [0.4, 0.5) is 11.8 Å². The predicted molar refractivity (Wildman–Crippen MR) is 132 cm³/mol. The molecule has 0 amide bonds. The summed E-state index contributed by atoms with van der Waals surface area (Å²) in [5.41, 5.74) is 9.43. The Kier molecular flexibility index (Phi) is 6.51. The Hall–Kier alpha value is -3.20. The number of hydrogen-bond acceptors (Lipinski definition) is 6. The van der Waals surface area contributed by atoms with Crippen molar-refractivity contribution in [3.05, 3.63) is 76.8 Å². The van der Waals surface area contributed by atoms with Crippen molar-refractivity contribution in [3.63, 3.8) is 0 Å². The summed E-state index contributed by atoms with van der Waals surface area (Å²) in [7, 11) is -4.29. The van der Waals surface area contributed by atoms with E-state index in [2.05, 4.69) is 15.3 Å². The molecule has 0 aliphatic heterocycles. The summed E-state index contributed by atoms with van der Waals surface area (Å²) in [5, 5.41) is 5.26. The molecule has 1 heterocycles. The van der Waals surface area contributed by atoms with Gasteiger partial charge >= 0.3 is 0 Å². The van der Waals surface area contributed by atoms with Gasteiger partial charge in [0.05, 0.1) is 5.69 Å². The van der Waals surface area contributed by atoms with Crippen molar-refractivity contribution in [3.8, 4) is 11.3 Å². The van der Waals surface area contributed by atoms with Gasteiger partial charge < -0.3 is 11.1 Å². The number of nitrogens with one attached hydrogen (secondary N) is 1. The Labute approximate surface area is 197 Å². The summed E-state index contributed by atoms with van der Waals surface area (Å²) >= 11 is 6.24. The first-order valence-electron chi connectivity index (χ1n) is 10.4. The van der Waals surface area contributed by atoms with Gasteiger partial charge in [-0.3, -0.25) is 4.55 Å². The van der Waals surface area contributed by atoms with Gasteiger partial charge in [-0.05, 0) is 48.4 Å². The lowest BCUT2D eigenvalue weighted by Crippen LogP contribution is -2.08. The zero-order chi connectivity index (χ0) is 23.6. The smallest absolute Gasteiger partial charge is 0.295 e. The van der Waals surface area contributed by atoms with Gasteiger partial charge in [0.15, 0.2) is 0 Å². The van der Waals surface area contributed by atoms with Gasteiger partial charge in [0.2, 0.25) is 5.95 Å². The van der Waals surface area contributed by atoms with E-state index < -0.39 is 10.1 Å². The van der Waals surface area contributed by atoms with E-state index in [-0.39, 0.29) is 10.8 Å². The molecule has 0 aliphatic rings. The minimum Gasteiger partial charge on any atom is -0.370 e. The molecule has 4 N–H and O–H groups in total. The van der Waals surface area contributed by atoms with Crippen LogP contribution in [-0.2, 0) is 16.5 Å². The highest BCUT2D eigenvalue weighted by Gasteiger charge is 2.15. The van der Waals surface area contributed by atoms with E-state index in [1.54, 1.807) is 18.2 Å². The number of hydrogen-bond donors (Lipinski definition) is 3. The maximum atomic E-state index is 11.7. The number of aryl methyl sites for hydroxylation is 1. The average Bonchev–Trinajstić information content (AvgIpc) is 2.77. The summed E-state index contributed by atoms with van der Waals surface area (Å²) in [6, 6.07) is 17.8. The van der Waals surface area contributed by atoms with Crippen LogP contribution < -0.4 is 11.1 Å². The molecule has 170 valence electrons. The second-order valence-electron chi connectivity index (χ2n) is 7.68. The molecule has 3 aromatic carbocycles. The summed E-state index contributed by atoms with van der Waals surface area (Å²) < 4.78 is 32.9. The van der Waals surface area contributed by atoms with E-state index in [1.165, 1.54) is 6.07 Å². The Morgan fingerprint density at radius 3 is 2.55 bits per heavy atom. The monoisotopic (exact) mass is 482 g/mol. The molecule has 0 unspecified atom stereocenters. The van der Waals surface area contributed by atoms with Gasteiger partial charge in [0.1, 0.15) is 10.7 Å². The quantitative estimate of drug-likeness (QED) is 0.247. The topological polar surface area (TPSA) is 118 Å². The molecule has 9 heteroatoms. The van der Waals surface area contributed by atoms with Crippen LogP contribution in [0.25, 0.3) is 22.0 Å². The third-order valence-electron chi connectivity index (χ3n) is 5.47. The number of nitrogens with two attached hydrogens (primary N) is 1. The summed E-state index contributed by atoms with van der Waals surface area (Å²) in [6.07, 6.45) is 1.48. The predicted octanol–water partition coefficient (Wildman–Crippen LogP) is 5.13. The molecule has 0 aliphatic carbocycles. The molecule has 4 aromatic rings. The second kappa shape index (κ2) is 9.35. The fraction of sp³-hybridized carbons (Fsp3) is 0.167. The van der Waals surface area contributed by atoms with Gasteiger partial charge in [-0.15, -0.1) is 0 Å². The van der Waals surface area contributed by atoms with Crippen LogP contribution in [-0.4, -0.2) is 29.5 Å². The minimum absolute atomic E-state index is 0.0831. The molecule has 0 bridgehead atoms. The fourth-order valence-electron chi connectivity index (χ4n) is 3.86. The van der Waals surface area contributed by atoms with Crippen molar-refractivity contribution in [2.24, 2.45) is 0 Å². The number of nitrogens with zero attached hydrogens (tertiary/aromatic N) is 2. The third-order valence-corrected chi connectivity index (χ3v) is 6.79. The molecular weight excluding hydrogens is 460 g/mol. The minimum atomic E-state index is -4.29. The highest BCUT2D eigenvalue weighted by Crippen LogP contribution is 2.29. The van der Waals surface area contributed by atoms with Gasteiger partial charge in [-0.1, -0.05) is 54.1 Å². The number of rotatable bonds is 7. The number of fused-ring (bicyclic) bond motifs is 1. The fourth-order valence-corrected chi connectivity index (χ4v) is 4.74. The summed E-state index contributed by atoms with van der Waals surface area (Å²) in [6.45, 7) is 2.56. The van der Waals surface area contributed by atoms with Crippen LogP contribution in [0, 0.1) is 6.92 Å². The van der Waals surface area contributed by atoms with E-state index in [0.717, 1.165) is 28.5 Å². The number of aromatic nitrogens is 2. The van der Waals surface area contributed by atoms with Crippen molar-refractivity contribution >= 4 is 44.3 Å². The SMILES string of the molecule is Cc1c(Cl)cccc1-c1cc(NCCCc2cccc3c(S(=O)(=O)O)cccc23)nc(N)n1. The van der Waals surface area contributed by atoms with E-state index in [0.29, 0.717) is 34.9 Å². The van der Waals surface area contributed by atoms with Gasteiger partial charge in [-0.2, -0.15) is 13.4 Å². The van der Waals surface area contributed by atoms with Crippen LogP contribution in [0.5, 0.6) is 0 Å². The average molecular weight is 483 g/mol. The lowest BCUT2D eigenvalue weighted by molar-refractivity contribution is 0.484. The van der Waals surface area contributed by atoms with Crippen molar-refractivity contribution in [1.29, 1.82) is 0 Å². The van der Waals surface area contributed by atoms with Gasteiger partial charge in [0, 0.05) is 28.6 Å². The molecule has 0 atom stereocenters. The normalized spacial score (nSPS) is 11.6. The number of anilines is 2. The third kappa shape index (κ3) is 5.08. The molecule has 0 radical (unpaired) electrons. The highest BCUT2D eigenvalue weighted by atomic mass is 35.5. The molecule has 0 fully saturated rings. The number of benzene rings is 3. The molecule has 7 nitrogen and oxygen atoms in total. The van der Waals surface area contributed by atoms with Gasteiger partial charge in [0.25, 0.3) is 10.1 Å². The standard InChI is InChI=1S/C24H23ClN4O3S/c1-15-17(8-3-11-20(15)25)21-14-23(29-24(26)28-21)27-13-5-7-16-6-2-10-19-18(16)9-4-12-22(19)33(30,31)32/h2-4,6,8-12,14H,5,7,13H2,1H3,(H,30,31,32)(H3,26,27,28,29). The maximum absolute atomic E-state index is 11.7. The van der Waals surface area contributed by atoms with E-state index in [4.69, 9.17) is 17.3 Å². The summed E-state index contributed by atoms with van der Waals surface area (Å²) in [5.74, 6) is 0.782. The van der Waals surface area contributed by atoms with Crippen LogP contribution in [0.3, 0.4) is 0 Å². The Balaban J connectivity index is 1.49. The van der Waals surface area contributed by atoms with Crippen LogP contribution in [0.1, 0.15) is 17.5 Å². The molecule has 1 aromatic heterocycles. The van der Waals surface area contributed by atoms with E-state index >= 15 is 0 Å². The van der Waals surface area contributed by atoms with Crippen molar-refractivity contribution in [1.82, 2.24) is 9.97 Å². The zero-order valence-electron chi connectivity index (χ0n) is 17.9. The number of halogens is 1. The highest BCUT2D eigenvalue weighted by molar-refractivity contribution is 7.86. The Bertz CT molecular complexity index is 1440. The lowest BCUT2D eigenvalue weighted by Gasteiger charge is -2.12. The van der Waals surface area contributed by atoms with Crippen molar-refractivity contribution < 1.29 is 13.0 Å². The number of nitrogen functional groups attached to an aromatic ring is 1. The molecular formula is C24H23ClN4O3S. The summed E-state index contributed by atoms with van der Waals surface area (Å²) in [4.78, 5) is 8.53. The maximum Gasteiger partial charge on any atom is 0.295 e. The zero-order valence-corrected chi connectivity index (χ0v) is 19.5. The van der Waals surface area contributed by atoms with Crippen LogP contribution in [0.2, 0.25) is 5.02 Å². The second-order valence-corrected chi connectivity index (χ2v) is 9.48. The van der Waals surface area contributed by atoms with Crippen molar-refractivity contribution in [2.75, 3.05) is 17.6 Å². The van der Waals surface area contributed by atoms with E-state index in [9.17, 15) is 13.0 Å². The van der Waals surface area contributed by atoms with Crippen LogP contribution >= 0.6 is 11.6 Å². The van der Waals surface area contributed by atoms with E-state index in [1.807, 2.05) is 43.3 Å². The molecule has 4 rings (SSSR count). The largest absolute Gasteiger partial charge is 0.370 e. The molecule has 0 saturated heterocycles. The first-order chi connectivity index (χ1) is 15.7. The molecule has 0 spiro atoms.